The average Bonchev–Trinajstić information content (AvgIpc) is 3.20. The predicted octanol–water partition coefficient (Wildman–Crippen LogP) is 2.74. The third kappa shape index (κ3) is 4.04. The summed E-state index contributed by atoms with van der Waals surface area (Å²) in [5.41, 5.74) is 0.854. The molecule has 7 nitrogen and oxygen atoms in total. The minimum Gasteiger partial charge on any atom is -0.497 e. The first-order valence-corrected chi connectivity index (χ1v) is 10.1. The second kappa shape index (κ2) is 8.38. The van der Waals surface area contributed by atoms with Gasteiger partial charge in [-0.2, -0.15) is 0 Å². The number of aromatic nitrogens is 2. The molecule has 2 aromatic heterocycles. The lowest BCUT2D eigenvalue weighted by molar-refractivity contribution is 0.0955. The molecular formula is C22H19N3O4S. The second-order valence-corrected chi connectivity index (χ2v) is 7.74. The Labute approximate surface area is 175 Å². The molecule has 0 aliphatic heterocycles. The summed E-state index contributed by atoms with van der Waals surface area (Å²) < 4.78 is 6.26. The summed E-state index contributed by atoms with van der Waals surface area (Å²) in [4.78, 5) is 41.3. The van der Waals surface area contributed by atoms with Crippen LogP contribution in [0.4, 0.5) is 0 Å². The zero-order valence-corrected chi connectivity index (χ0v) is 17.0. The molecule has 30 heavy (non-hydrogen) atoms. The number of ether oxygens (including phenoxy) is 1. The lowest BCUT2D eigenvalue weighted by atomic mass is 10.2. The van der Waals surface area contributed by atoms with Crippen LogP contribution < -0.4 is 21.3 Å². The first kappa shape index (κ1) is 19.7. The van der Waals surface area contributed by atoms with Crippen molar-refractivity contribution in [2.24, 2.45) is 0 Å². The van der Waals surface area contributed by atoms with Crippen LogP contribution >= 0.6 is 11.3 Å². The molecule has 1 amide bonds. The van der Waals surface area contributed by atoms with Crippen molar-refractivity contribution in [2.45, 2.75) is 13.1 Å². The smallest absolute Gasteiger partial charge is 0.329 e. The highest BCUT2D eigenvalue weighted by Crippen LogP contribution is 2.20. The molecule has 8 heteroatoms. The van der Waals surface area contributed by atoms with Crippen LogP contribution in [0.25, 0.3) is 10.2 Å². The van der Waals surface area contributed by atoms with Crippen LogP contribution in [0.3, 0.4) is 0 Å². The highest BCUT2D eigenvalue weighted by Gasteiger charge is 2.15. The molecule has 152 valence electrons. The maximum atomic E-state index is 12.8. The Morgan fingerprint density at radius 2 is 1.80 bits per heavy atom. The fourth-order valence-electron chi connectivity index (χ4n) is 3.08. The fourth-order valence-corrected chi connectivity index (χ4v) is 4.04. The highest BCUT2D eigenvalue weighted by atomic mass is 32.1. The summed E-state index contributed by atoms with van der Waals surface area (Å²) in [6, 6.07) is 18.2. The molecule has 4 rings (SSSR count). The van der Waals surface area contributed by atoms with E-state index in [2.05, 4.69) is 10.3 Å². The van der Waals surface area contributed by atoms with Crippen LogP contribution in [-0.4, -0.2) is 22.6 Å². The minimum absolute atomic E-state index is 0.166. The van der Waals surface area contributed by atoms with Crippen LogP contribution in [0, 0.1) is 0 Å². The van der Waals surface area contributed by atoms with E-state index in [1.54, 1.807) is 7.11 Å². The van der Waals surface area contributed by atoms with Gasteiger partial charge in [-0.15, -0.1) is 11.3 Å². The Balaban J connectivity index is 1.56. The van der Waals surface area contributed by atoms with E-state index in [0.29, 0.717) is 21.6 Å². The van der Waals surface area contributed by atoms with Crippen molar-refractivity contribution in [3.63, 3.8) is 0 Å². The number of nitrogens with one attached hydrogen (secondary N) is 2. The van der Waals surface area contributed by atoms with E-state index in [9.17, 15) is 14.4 Å². The molecule has 0 fully saturated rings. The Bertz CT molecular complexity index is 1300. The average molecular weight is 421 g/mol. The first-order valence-electron chi connectivity index (χ1n) is 9.27. The molecule has 2 aromatic carbocycles. The number of carbonyl (C=O) groups excluding carboxylic acids is 1. The summed E-state index contributed by atoms with van der Waals surface area (Å²) in [5.74, 6) is 0.437. The monoisotopic (exact) mass is 421 g/mol. The Morgan fingerprint density at radius 3 is 2.50 bits per heavy atom. The van der Waals surface area contributed by atoms with Gasteiger partial charge in [0.1, 0.15) is 10.6 Å². The van der Waals surface area contributed by atoms with E-state index in [-0.39, 0.29) is 12.5 Å². The van der Waals surface area contributed by atoms with Gasteiger partial charge in [0.15, 0.2) is 0 Å². The standard InChI is InChI=1S/C22H19N3O4S/c1-29-16-9-7-14(8-10-16)12-23-19(26)18-11-17-20(30-18)24-22(28)25(21(17)27)13-15-5-3-2-4-6-15/h2-11H,12-13H2,1H3,(H,23,26)(H,24,28). The molecule has 0 bridgehead atoms. The van der Waals surface area contributed by atoms with Gasteiger partial charge < -0.3 is 10.1 Å². The van der Waals surface area contributed by atoms with E-state index >= 15 is 0 Å². The molecule has 2 heterocycles. The van der Waals surface area contributed by atoms with Gasteiger partial charge in [0, 0.05) is 6.54 Å². The van der Waals surface area contributed by atoms with E-state index < -0.39 is 11.2 Å². The normalized spacial score (nSPS) is 10.8. The SMILES string of the molecule is COc1ccc(CNC(=O)c2cc3c(=O)n(Cc4ccccc4)c(=O)[nH]c3s2)cc1. The Hall–Kier alpha value is -3.65. The molecular weight excluding hydrogens is 402 g/mol. The van der Waals surface area contributed by atoms with Crippen molar-refractivity contribution >= 4 is 27.5 Å². The van der Waals surface area contributed by atoms with Crippen LogP contribution in [-0.2, 0) is 13.1 Å². The number of rotatable bonds is 6. The number of aromatic amines is 1. The zero-order chi connectivity index (χ0) is 21.1. The topological polar surface area (TPSA) is 93.2 Å². The molecule has 0 atom stereocenters. The number of methoxy groups -OCH3 is 1. The van der Waals surface area contributed by atoms with Gasteiger partial charge in [0.2, 0.25) is 0 Å². The van der Waals surface area contributed by atoms with Crippen molar-refractivity contribution in [1.82, 2.24) is 14.9 Å². The molecule has 0 unspecified atom stereocenters. The van der Waals surface area contributed by atoms with E-state index in [1.807, 2.05) is 54.6 Å². The van der Waals surface area contributed by atoms with Crippen LogP contribution in [0.5, 0.6) is 5.75 Å². The number of carbonyl (C=O) groups is 1. The number of H-pyrrole nitrogens is 1. The van der Waals surface area contributed by atoms with Crippen LogP contribution in [0.15, 0.2) is 70.3 Å². The maximum absolute atomic E-state index is 12.8. The molecule has 0 aliphatic rings. The zero-order valence-electron chi connectivity index (χ0n) is 16.2. The number of thiophene rings is 1. The summed E-state index contributed by atoms with van der Waals surface area (Å²) in [6.45, 7) is 0.506. The van der Waals surface area contributed by atoms with E-state index in [1.165, 1.54) is 6.07 Å². The number of amides is 1. The molecule has 0 radical (unpaired) electrons. The number of fused-ring (bicyclic) bond motifs is 1. The lowest BCUT2D eigenvalue weighted by Crippen LogP contribution is -2.34. The molecule has 0 spiro atoms. The largest absolute Gasteiger partial charge is 0.497 e. The van der Waals surface area contributed by atoms with Crippen LogP contribution in [0.2, 0.25) is 0 Å². The number of hydrogen-bond donors (Lipinski definition) is 2. The summed E-state index contributed by atoms with van der Waals surface area (Å²) in [5, 5.41) is 3.16. The van der Waals surface area contributed by atoms with E-state index in [4.69, 9.17) is 4.74 Å². The van der Waals surface area contributed by atoms with Gasteiger partial charge in [0.25, 0.3) is 11.5 Å². The van der Waals surface area contributed by atoms with Gasteiger partial charge >= 0.3 is 5.69 Å². The fraction of sp³-hybridized carbons (Fsp3) is 0.136. The van der Waals surface area contributed by atoms with Crippen molar-refractivity contribution in [3.05, 3.63) is 97.5 Å². The number of benzene rings is 2. The van der Waals surface area contributed by atoms with Gasteiger partial charge in [-0.05, 0) is 29.3 Å². The van der Waals surface area contributed by atoms with Crippen molar-refractivity contribution in [1.29, 1.82) is 0 Å². The van der Waals surface area contributed by atoms with Gasteiger partial charge in [0.05, 0.1) is 23.9 Å². The summed E-state index contributed by atoms with van der Waals surface area (Å²) >= 11 is 1.09. The second-order valence-electron chi connectivity index (χ2n) is 6.69. The van der Waals surface area contributed by atoms with Crippen LogP contribution in [0.1, 0.15) is 20.8 Å². The summed E-state index contributed by atoms with van der Waals surface area (Å²) in [6.07, 6.45) is 0. The maximum Gasteiger partial charge on any atom is 0.329 e. The summed E-state index contributed by atoms with van der Waals surface area (Å²) in [7, 11) is 1.59. The molecule has 2 N–H and O–H groups in total. The van der Waals surface area contributed by atoms with Crippen molar-refractivity contribution in [2.75, 3.05) is 7.11 Å². The lowest BCUT2D eigenvalue weighted by Gasteiger charge is -2.05. The third-order valence-corrected chi connectivity index (χ3v) is 5.74. The number of nitrogens with zero attached hydrogens (tertiary/aromatic N) is 1. The quantitative estimate of drug-likeness (QED) is 0.501. The molecule has 0 aliphatic carbocycles. The Morgan fingerprint density at radius 1 is 1.07 bits per heavy atom. The van der Waals surface area contributed by atoms with Crippen molar-refractivity contribution < 1.29 is 9.53 Å². The third-order valence-electron chi connectivity index (χ3n) is 4.69. The predicted molar refractivity (Wildman–Crippen MR) is 116 cm³/mol. The highest BCUT2D eigenvalue weighted by molar-refractivity contribution is 7.20. The first-order chi connectivity index (χ1) is 14.5. The molecule has 0 saturated carbocycles. The Kier molecular flexibility index (Phi) is 5.49. The number of hydrogen-bond acceptors (Lipinski definition) is 5. The van der Waals surface area contributed by atoms with Gasteiger partial charge in [-0.1, -0.05) is 42.5 Å². The van der Waals surface area contributed by atoms with Crippen molar-refractivity contribution in [3.8, 4) is 5.75 Å². The van der Waals surface area contributed by atoms with Gasteiger partial charge in [-0.3, -0.25) is 19.1 Å². The van der Waals surface area contributed by atoms with Gasteiger partial charge in [-0.25, -0.2) is 4.79 Å². The minimum atomic E-state index is -0.497. The molecule has 0 saturated heterocycles. The molecule has 4 aromatic rings. The van der Waals surface area contributed by atoms with E-state index in [0.717, 1.165) is 32.8 Å².